The van der Waals surface area contributed by atoms with E-state index in [0.717, 1.165) is 39.1 Å². The average Bonchev–Trinajstić information content (AvgIpc) is 2.78. The van der Waals surface area contributed by atoms with Crippen LogP contribution in [0.2, 0.25) is 0 Å². The number of fused-ring (bicyclic) bond motifs is 1. The minimum Gasteiger partial charge on any atom is -0.496 e. The lowest BCUT2D eigenvalue weighted by molar-refractivity contribution is -0.131. The summed E-state index contributed by atoms with van der Waals surface area (Å²) in [4.78, 5) is 11.4. The van der Waals surface area contributed by atoms with E-state index in [1.165, 1.54) is 19.1 Å². The molecule has 35 heavy (non-hydrogen) atoms. The average molecular weight is 476 g/mol. The van der Waals surface area contributed by atoms with Crippen molar-refractivity contribution >= 4 is 17.2 Å². The third-order valence-electron chi connectivity index (χ3n) is 5.99. The van der Waals surface area contributed by atoms with Gasteiger partial charge in [0.1, 0.15) is 29.7 Å². The van der Waals surface area contributed by atoms with Crippen LogP contribution in [0.5, 0.6) is 17.2 Å². The van der Waals surface area contributed by atoms with Gasteiger partial charge in [-0.05, 0) is 68.7 Å². The van der Waals surface area contributed by atoms with Gasteiger partial charge in [-0.1, -0.05) is 18.2 Å². The summed E-state index contributed by atoms with van der Waals surface area (Å²) in [5, 5.41) is 3.58. The standard InChI is InChI=1S/C29H30FNO4/c1-17-7-8-20(30)13-26(17)34-16-24-22(11-12-25-28(24)18(2)15-29(4,5)31-25)23-10-9-21(35-19(3)32)14-27(23)33-6/h7-15,31H,16H2,1-6H3. The Kier molecular flexibility index (Phi) is 6.57. The van der Waals surface area contributed by atoms with E-state index in [4.69, 9.17) is 14.2 Å². The molecule has 0 atom stereocenters. The fraction of sp³-hybridized carbons (Fsp3) is 0.276. The summed E-state index contributed by atoms with van der Waals surface area (Å²) in [6, 6.07) is 13.9. The Morgan fingerprint density at radius 1 is 1.00 bits per heavy atom. The number of allylic oxidation sites excluding steroid dienone is 1. The van der Waals surface area contributed by atoms with Gasteiger partial charge in [0.05, 0.1) is 12.6 Å². The molecule has 4 rings (SSSR count). The summed E-state index contributed by atoms with van der Waals surface area (Å²) in [5.74, 6) is 0.725. The third kappa shape index (κ3) is 5.16. The molecule has 0 fully saturated rings. The normalized spacial score (nSPS) is 13.9. The lowest BCUT2D eigenvalue weighted by Gasteiger charge is -2.33. The SMILES string of the molecule is COc1cc(OC(C)=O)ccc1-c1ccc2c(c1COc1cc(F)ccc1C)C(C)=CC(C)(C)N2. The van der Waals surface area contributed by atoms with Gasteiger partial charge in [0.25, 0.3) is 0 Å². The predicted molar refractivity (Wildman–Crippen MR) is 137 cm³/mol. The molecular weight excluding hydrogens is 445 g/mol. The monoisotopic (exact) mass is 475 g/mol. The van der Waals surface area contributed by atoms with Crippen molar-refractivity contribution in [2.45, 2.75) is 46.8 Å². The van der Waals surface area contributed by atoms with Crippen LogP contribution in [-0.2, 0) is 11.4 Å². The van der Waals surface area contributed by atoms with Crippen molar-refractivity contribution in [1.29, 1.82) is 0 Å². The zero-order chi connectivity index (χ0) is 25.3. The Morgan fingerprint density at radius 3 is 2.46 bits per heavy atom. The van der Waals surface area contributed by atoms with Gasteiger partial charge < -0.3 is 19.5 Å². The van der Waals surface area contributed by atoms with E-state index >= 15 is 0 Å². The molecule has 0 amide bonds. The molecular formula is C29H30FNO4. The Bertz CT molecular complexity index is 1330. The molecule has 3 aromatic rings. The molecule has 0 aliphatic carbocycles. The highest BCUT2D eigenvalue weighted by atomic mass is 19.1. The molecule has 0 unspecified atom stereocenters. The Hall–Kier alpha value is -3.80. The number of rotatable bonds is 6. The zero-order valence-electron chi connectivity index (χ0n) is 20.9. The number of benzene rings is 3. The van der Waals surface area contributed by atoms with Gasteiger partial charge in [0, 0.05) is 41.4 Å². The van der Waals surface area contributed by atoms with Gasteiger partial charge in [-0.15, -0.1) is 0 Å². The van der Waals surface area contributed by atoms with Gasteiger partial charge in [-0.25, -0.2) is 4.39 Å². The minimum absolute atomic E-state index is 0.195. The van der Waals surface area contributed by atoms with E-state index in [1.807, 2.05) is 19.1 Å². The van der Waals surface area contributed by atoms with E-state index in [0.29, 0.717) is 17.2 Å². The van der Waals surface area contributed by atoms with Crippen LogP contribution in [0.1, 0.15) is 44.4 Å². The molecule has 0 spiro atoms. The summed E-state index contributed by atoms with van der Waals surface area (Å²) in [7, 11) is 1.58. The highest BCUT2D eigenvalue weighted by molar-refractivity contribution is 5.88. The number of aryl methyl sites for hydroxylation is 1. The number of carbonyl (C=O) groups is 1. The first kappa shape index (κ1) is 24.3. The van der Waals surface area contributed by atoms with Crippen molar-refractivity contribution in [2.75, 3.05) is 12.4 Å². The van der Waals surface area contributed by atoms with Gasteiger partial charge in [-0.3, -0.25) is 4.79 Å². The van der Waals surface area contributed by atoms with E-state index < -0.39 is 5.97 Å². The first-order chi connectivity index (χ1) is 16.6. The molecule has 3 aromatic carbocycles. The first-order valence-corrected chi connectivity index (χ1v) is 11.5. The van der Waals surface area contributed by atoms with Crippen LogP contribution < -0.4 is 19.5 Å². The van der Waals surface area contributed by atoms with Crippen molar-refractivity contribution in [3.63, 3.8) is 0 Å². The van der Waals surface area contributed by atoms with Gasteiger partial charge >= 0.3 is 5.97 Å². The second-order valence-electron chi connectivity index (χ2n) is 9.34. The quantitative estimate of drug-likeness (QED) is 0.310. The van der Waals surface area contributed by atoms with Crippen LogP contribution in [-0.4, -0.2) is 18.6 Å². The Balaban J connectivity index is 1.86. The van der Waals surface area contributed by atoms with Gasteiger partial charge in [0.15, 0.2) is 0 Å². The highest BCUT2D eigenvalue weighted by Crippen LogP contribution is 2.43. The molecule has 0 radical (unpaired) electrons. The first-order valence-electron chi connectivity index (χ1n) is 11.5. The summed E-state index contributed by atoms with van der Waals surface area (Å²) in [6.07, 6.45) is 2.19. The van der Waals surface area contributed by atoms with E-state index in [-0.39, 0.29) is 18.0 Å². The van der Waals surface area contributed by atoms with Crippen molar-refractivity contribution in [3.05, 3.63) is 77.1 Å². The summed E-state index contributed by atoms with van der Waals surface area (Å²) >= 11 is 0. The maximum absolute atomic E-state index is 13.9. The van der Waals surface area contributed by atoms with E-state index in [1.54, 1.807) is 25.3 Å². The highest BCUT2D eigenvalue weighted by Gasteiger charge is 2.27. The smallest absolute Gasteiger partial charge is 0.308 e. The lowest BCUT2D eigenvalue weighted by Crippen LogP contribution is -2.32. The number of anilines is 1. The molecule has 1 aliphatic rings. The maximum Gasteiger partial charge on any atom is 0.308 e. The number of halogens is 1. The number of methoxy groups -OCH3 is 1. The Labute approximate surface area is 205 Å². The summed E-state index contributed by atoms with van der Waals surface area (Å²) < 4.78 is 31.0. The number of carbonyl (C=O) groups excluding carboxylic acids is 1. The van der Waals surface area contributed by atoms with Crippen molar-refractivity contribution in [2.24, 2.45) is 0 Å². The molecule has 5 nitrogen and oxygen atoms in total. The van der Waals surface area contributed by atoms with Crippen LogP contribution in [0.25, 0.3) is 16.7 Å². The molecule has 0 aromatic heterocycles. The van der Waals surface area contributed by atoms with E-state index in [2.05, 4.69) is 38.2 Å². The number of hydrogen-bond donors (Lipinski definition) is 1. The van der Waals surface area contributed by atoms with Crippen LogP contribution in [0, 0.1) is 12.7 Å². The molecule has 1 aliphatic heterocycles. The molecule has 0 bridgehead atoms. The number of esters is 1. The van der Waals surface area contributed by atoms with Crippen LogP contribution in [0.4, 0.5) is 10.1 Å². The fourth-order valence-corrected chi connectivity index (χ4v) is 4.60. The van der Waals surface area contributed by atoms with Crippen LogP contribution in [0.3, 0.4) is 0 Å². The molecule has 6 heteroatoms. The largest absolute Gasteiger partial charge is 0.496 e. The number of nitrogens with one attached hydrogen (secondary N) is 1. The van der Waals surface area contributed by atoms with E-state index in [9.17, 15) is 9.18 Å². The zero-order valence-corrected chi connectivity index (χ0v) is 20.9. The third-order valence-corrected chi connectivity index (χ3v) is 5.99. The number of ether oxygens (including phenoxy) is 3. The second-order valence-corrected chi connectivity index (χ2v) is 9.34. The van der Waals surface area contributed by atoms with Crippen LogP contribution in [0.15, 0.2) is 54.6 Å². The summed E-state index contributed by atoms with van der Waals surface area (Å²) in [5.41, 5.74) is 6.52. The van der Waals surface area contributed by atoms with Gasteiger partial charge in [0.2, 0.25) is 0 Å². The van der Waals surface area contributed by atoms with Crippen molar-refractivity contribution in [1.82, 2.24) is 0 Å². The van der Waals surface area contributed by atoms with Crippen molar-refractivity contribution < 1.29 is 23.4 Å². The Morgan fingerprint density at radius 2 is 1.74 bits per heavy atom. The molecule has 0 saturated carbocycles. The molecule has 1 heterocycles. The predicted octanol–water partition coefficient (Wildman–Crippen LogP) is 6.92. The minimum atomic E-state index is -0.400. The van der Waals surface area contributed by atoms with Crippen LogP contribution >= 0.6 is 0 Å². The summed E-state index contributed by atoms with van der Waals surface area (Å²) in [6.45, 7) is 9.81. The lowest BCUT2D eigenvalue weighted by atomic mass is 9.85. The fourth-order valence-electron chi connectivity index (χ4n) is 4.60. The van der Waals surface area contributed by atoms with Gasteiger partial charge in [-0.2, -0.15) is 0 Å². The molecule has 182 valence electrons. The molecule has 1 N–H and O–H groups in total. The maximum atomic E-state index is 13.9. The van der Waals surface area contributed by atoms with Crippen molar-refractivity contribution in [3.8, 4) is 28.4 Å². The topological polar surface area (TPSA) is 56.8 Å². The second kappa shape index (κ2) is 9.45. The molecule has 0 saturated heterocycles. The number of hydrogen-bond acceptors (Lipinski definition) is 5.